The molecule has 1 aliphatic heterocycles. The first kappa shape index (κ1) is 12.9. The summed E-state index contributed by atoms with van der Waals surface area (Å²) >= 11 is 5.81. The van der Waals surface area contributed by atoms with Gasteiger partial charge in [-0.25, -0.2) is 4.79 Å². The van der Waals surface area contributed by atoms with Gasteiger partial charge in [0, 0.05) is 18.0 Å². The second-order valence-electron chi connectivity index (χ2n) is 4.00. The number of benzene rings is 1. The Morgan fingerprint density at radius 1 is 1.56 bits per heavy atom. The van der Waals surface area contributed by atoms with Gasteiger partial charge in [0.15, 0.2) is 0 Å². The highest BCUT2D eigenvalue weighted by Crippen LogP contribution is 2.27. The third-order valence-corrected chi connectivity index (χ3v) is 3.10. The number of oxime groups is 1. The van der Waals surface area contributed by atoms with Crippen LogP contribution in [0.15, 0.2) is 29.4 Å². The largest absolute Gasteiger partial charge is 0.466 e. The molecule has 0 aliphatic carbocycles. The third kappa shape index (κ3) is 2.19. The van der Waals surface area contributed by atoms with E-state index in [1.165, 1.54) is 7.11 Å². The van der Waals surface area contributed by atoms with Crippen LogP contribution < -0.4 is 5.73 Å². The number of hydrogen-bond acceptors (Lipinski definition) is 5. The van der Waals surface area contributed by atoms with Crippen LogP contribution in [0.1, 0.15) is 12.0 Å². The molecule has 0 saturated carbocycles. The Labute approximate surface area is 109 Å². The van der Waals surface area contributed by atoms with Crippen LogP contribution in [0, 0.1) is 0 Å². The number of carbonyl (C=O) groups is 1. The Morgan fingerprint density at radius 2 is 2.22 bits per heavy atom. The zero-order valence-corrected chi connectivity index (χ0v) is 10.6. The minimum atomic E-state index is -1.20. The van der Waals surface area contributed by atoms with Gasteiger partial charge in [0.1, 0.15) is 0 Å². The van der Waals surface area contributed by atoms with Crippen molar-refractivity contribution in [2.45, 2.75) is 12.0 Å². The number of rotatable bonds is 3. The molecule has 0 fully saturated rings. The summed E-state index contributed by atoms with van der Waals surface area (Å²) in [5.74, 6) is -0.516. The van der Waals surface area contributed by atoms with Gasteiger partial charge in [-0.1, -0.05) is 28.9 Å². The second-order valence-corrected chi connectivity index (χ2v) is 4.44. The molecule has 1 aromatic carbocycles. The Morgan fingerprint density at radius 3 is 2.78 bits per heavy atom. The molecule has 1 heterocycles. The van der Waals surface area contributed by atoms with E-state index in [1.807, 2.05) is 12.1 Å². The highest BCUT2D eigenvalue weighted by molar-refractivity contribution is 6.30. The maximum atomic E-state index is 11.7. The topological polar surface area (TPSA) is 73.9 Å². The van der Waals surface area contributed by atoms with Gasteiger partial charge in [0.2, 0.25) is 0 Å². The normalized spacial score (nSPS) is 22.3. The molecule has 1 aliphatic rings. The van der Waals surface area contributed by atoms with Crippen molar-refractivity contribution in [2.24, 2.45) is 10.9 Å². The van der Waals surface area contributed by atoms with Crippen molar-refractivity contribution in [3.8, 4) is 0 Å². The van der Waals surface area contributed by atoms with Gasteiger partial charge < -0.3 is 15.3 Å². The first-order chi connectivity index (χ1) is 8.61. The van der Waals surface area contributed by atoms with E-state index in [0.29, 0.717) is 10.7 Å². The van der Waals surface area contributed by atoms with Crippen LogP contribution in [0.3, 0.4) is 0 Å². The summed E-state index contributed by atoms with van der Waals surface area (Å²) in [5.41, 5.74) is 5.89. The fourth-order valence-electron chi connectivity index (χ4n) is 1.76. The van der Waals surface area contributed by atoms with E-state index >= 15 is 0 Å². The van der Waals surface area contributed by atoms with E-state index in [1.54, 1.807) is 12.1 Å². The smallest absolute Gasteiger partial charge is 0.354 e. The van der Waals surface area contributed by atoms with E-state index in [0.717, 1.165) is 5.56 Å². The number of hydrogen-bond donors (Lipinski definition) is 1. The van der Waals surface area contributed by atoms with Gasteiger partial charge in [-0.3, -0.25) is 0 Å². The molecule has 1 aromatic rings. The molecule has 5 nitrogen and oxygen atoms in total. The number of ether oxygens (including phenoxy) is 1. The Balaban J connectivity index is 2.20. The molecule has 2 N–H and O–H groups in total. The summed E-state index contributed by atoms with van der Waals surface area (Å²) in [4.78, 5) is 16.9. The van der Waals surface area contributed by atoms with Crippen molar-refractivity contribution in [3.05, 3.63) is 34.9 Å². The number of halogens is 1. The molecule has 2 rings (SSSR count). The van der Waals surface area contributed by atoms with Crippen LogP contribution in [0.5, 0.6) is 0 Å². The lowest BCUT2D eigenvalue weighted by Gasteiger charge is -2.21. The molecular formula is C12H13ClN2O3. The zero-order valence-electron chi connectivity index (χ0n) is 9.85. The summed E-state index contributed by atoms with van der Waals surface area (Å²) in [6.45, 7) is 0.0141. The number of carbonyl (C=O) groups excluding carboxylic acids is 1. The summed E-state index contributed by atoms with van der Waals surface area (Å²) in [7, 11) is 1.30. The first-order valence-corrected chi connectivity index (χ1v) is 5.78. The van der Waals surface area contributed by atoms with Gasteiger partial charge in [-0.05, 0) is 17.7 Å². The maximum Gasteiger partial charge on any atom is 0.354 e. The van der Waals surface area contributed by atoms with Crippen molar-refractivity contribution in [2.75, 3.05) is 13.7 Å². The Kier molecular flexibility index (Phi) is 3.54. The highest BCUT2D eigenvalue weighted by atomic mass is 35.5. The molecular weight excluding hydrogens is 256 g/mol. The van der Waals surface area contributed by atoms with Crippen LogP contribution in [0.2, 0.25) is 5.02 Å². The quantitative estimate of drug-likeness (QED) is 0.840. The van der Waals surface area contributed by atoms with E-state index in [4.69, 9.17) is 26.9 Å². The first-order valence-electron chi connectivity index (χ1n) is 5.41. The van der Waals surface area contributed by atoms with Crippen LogP contribution in [0.25, 0.3) is 0 Å². The summed E-state index contributed by atoms with van der Waals surface area (Å²) in [6, 6.07) is 7.13. The average molecular weight is 269 g/mol. The SMILES string of the molecule is COC(=O)C1(CN)CC(c2ccc(Cl)cc2)=NO1. The van der Waals surface area contributed by atoms with Crippen LogP contribution in [-0.2, 0) is 14.4 Å². The van der Waals surface area contributed by atoms with Crippen molar-refractivity contribution < 1.29 is 14.4 Å². The molecule has 6 heteroatoms. The van der Waals surface area contributed by atoms with Crippen molar-refractivity contribution in [1.82, 2.24) is 0 Å². The highest BCUT2D eigenvalue weighted by Gasteiger charge is 2.46. The van der Waals surface area contributed by atoms with Crippen LogP contribution in [0.4, 0.5) is 0 Å². The van der Waals surface area contributed by atoms with Crippen molar-refractivity contribution in [3.63, 3.8) is 0 Å². The predicted octanol–water partition coefficient (Wildman–Crippen LogP) is 1.33. The molecule has 1 atom stereocenters. The number of nitrogens with two attached hydrogens (primary N) is 1. The lowest BCUT2D eigenvalue weighted by atomic mass is 9.94. The average Bonchev–Trinajstić information content (AvgIpc) is 2.84. The fraction of sp³-hybridized carbons (Fsp3) is 0.333. The molecule has 0 saturated heterocycles. The monoisotopic (exact) mass is 268 g/mol. The standard InChI is InChI=1S/C12H13ClN2O3/c1-17-11(16)12(7-14)6-10(15-18-12)8-2-4-9(13)5-3-8/h2-5H,6-7,14H2,1H3. The van der Waals surface area contributed by atoms with E-state index in [2.05, 4.69) is 5.16 Å². The van der Waals surface area contributed by atoms with Gasteiger partial charge in [-0.15, -0.1) is 0 Å². The van der Waals surface area contributed by atoms with Crippen LogP contribution in [-0.4, -0.2) is 30.9 Å². The lowest BCUT2D eigenvalue weighted by Crippen LogP contribution is -2.46. The third-order valence-electron chi connectivity index (χ3n) is 2.85. The van der Waals surface area contributed by atoms with Crippen molar-refractivity contribution >= 4 is 23.3 Å². The maximum absolute atomic E-state index is 11.7. The molecule has 1 unspecified atom stereocenters. The number of esters is 1. The van der Waals surface area contributed by atoms with Gasteiger partial charge >= 0.3 is 5.97 Å². The van der Waals surface area contributed by atoms with Crippen molar-refractivity contribution in [1.29, 1.82) is 0 Å². The van der Waals surface area contributed by atoms with Gasteiger partial charge in [0.25, 0.3) is 5.60 Å². The molecule has 18 heavy (non-hydrogen) atoms. The molecule has 0 amide bonds. The summed E-state index contributed by atoms with van der Waals surface area (Å²) in [5, 5.41) is 4.56. The lowest BCUT2D eigenvalue weighted by molar-refractivity contribution is -0.165. The minimum absolute atomic E-state index is 0.0141. The summed E-state index contributed by atoms with van der Waals surface area (Å²) in [6.07, 6.45) is 0.289. The minimum Gasteiger partial charge on any atom is -0.466 e. The summed E-state index contributed by atoms with van der Waals surface area (Å²) < 4.78 is 4.69. The second kappa shape index (κ2) is 4.96. The Hall–Kier alpha value is -1.59. The molecule has 0 bridgehead atoms. The molecule has 96 valence electrons. The van der Waals surface area contributed by atoms with E-state index < -0.39 is 11.6 Å². The fourth-order valence-corrected chi connectivity index (χ4v) is 1.89. The molecule has 0 spiro atoms. The molecule has 0 aromatic heterocycles. The zero-order chi connectivity index (χ0) is 13.2. The number of methoxy groups -OCH3 is 1. The van der Waals surface area contributed by atoms with Gasteiger partial charge in [0.05, 0.1) is 12.8 Å². The van der Waals surface area contributed by atoms with E-state index in [-0.39, 0.29) is 13.0 Å². The van der Waals surface area contributed by atoms with E-state index in [9.17, 15) is 4.79 Å². The molecule has 0 radical (unpaired) electrons. The Bertz CT molecular complexity index is 487. The van der Waals surface area contributed by atoms with Gasteiger partial charge in [-0.2, -0.15) is 0 Å². The van der Waals surface area contributed by atoms with Crippen LogP contribution >= 0.6 is 11.6 Å². The predicted molar refractivity (Wildman–Crippen MR) is 67.5 cm³/mol. The number of nitrogens with zero attached hydrogens (tertiary/aromatic N) is 1.